The molecule has 7 nitrogen and oxygen atoms in total. The Kier molecular flexibility index (Phi) is 5.74. The lowest BCUT2D eigenvalue weighted by Crippen LogP contribution is -2.09. The molecule has 0 fully saturated rings. The van der Waals surface area contributed by atoms with E-state index in [9.17, 15) is 5.11 Å². The number of phenols is 1. The number of aromatic hydroxyl groups is 1. The van der Waals surface area contributed by atoms with Crippen molar-refractivity contribution in [1.82, 2.24) is 4.98 Å². The first-order valence-electron chi connectivity index (χ1n) is 7.52. The number of ether oxygens (including phenoxy) is 1. The van der Waals surface area contributed by atoms with Crippen LogP contribution in [0.4, 0.5) is 0 Å². The third-order valence-corrected chi connectivity index (χ3v) is 3.64. The topological polar surface area (TPSA) is 117 Å². The third kappa shape index (κ3) is 4.27. The van der Waals surface area contributed by atoms with E-state index in [1.807, 2.05) is 43.3 Å². The van der Waals surface area contributed by atoms with Gasteiger partial charge in [0.1, 0.15) is 11.5 Å². The Morgan fingerprint density at radius 1 is 1.00 bits per heavy atom. The van der Waals surface area contributed by atoms with Crippen molar-refractivity contribution in [3.63, 3.8) is 0 Å². The second-order valence-corrected chi connectivity index (χ2v) is 5.35. The molecule has 0 aliphatic rings. The van der Waals surface area contributed by atoms with E-state index in [1.54, 1.807) is 19.4 Å². The summed E-state index contributed by atoms with van der Waals surface area (Å²) in [5.74, 6) is -2.54. The number of benzene rings is 2. The summed E-state index contributed by atoms with van der Waals surface area (Å²) in [5, 5.41) is 25.5. The van der Waals surface area contributed by atoms with E-state index < -0.39 is 11.9 Å². The van der Waals surface area contributed by atoms with Crippen LogP contribution in [0.15, 0.2) is 48.7 Å². The number of pyridine rings is 1. The maximum Gasteiger partial charge on any atom is 0.414 e. The van der Waals surface area contributed by atoms with Crippen LogP contribution in [0.1, 0.15) is 5.56 Å². The van der Waals surface area contributed by atoms with Gasteiger partial charge in [0.25, 0.3) is 0 Å². The molecule has 0 saturated heterocycles. The van der Waals surface area contributed by atoms with Crippen LogP contribution in [-0.2, 0) is 9.59 Å². The molecule has 26 heavy (non-hydrogen) atoms. The highest BCUT2D eigenvalue weighted by Gasteiger charge is 2.07. The molecule has 0 bridgehead atoms. The number of carbonyl (C=O) groups is 2. The Morgan fingerprint density at radius 2 is 1.69 bits per heavy atom. The zero-order valence-corrected chi connectivity index (χ0v) is 14.1. The van der Waals surface area contributed by atoms with Crippen molar-refractivity contribution in [2.45, 2.75) is 6.92 Å². The summed E-state index contributed by atoms with van der Waals surface area (Å²) in [6.07, 6.45) is 1.79. The molecule has 3 rings (SSSR count). The van der Waals surface area contributed by atoms with Gasteiger partial charge in [-0.3, -0.25) is 4.98 Å². The first-order chi connectivity index (χ1) is 12.3. The fraction of sp³-hybridized carbons (Fsp3) is 0.105. The Bertz CT molecular complexity index is 955. The van der Waals surface area contributed by atoms with Gasteiger partial charge in [0.15, 0.2) is 0 Å². The van der Waals surface area contributed by atoms with E-state index in [2.05, 4.69) is 4.98 Å². The van der Waals surface area contributed by atoms with Gasteiger partial charge in [-0.05, 0) is 53.9 Å². The van der Waals surface area contributed by atoms with Crippen molar-refractivity contribution in [3.8, 4) is 22.6 Å². The summed E-state index contributed by atoms with van der Waals surface area (Å²) >= 11 is 0. The summed E-state index contributed by atoms with van der Waals surface area (Å²) in [6, 6.07) is 13.5. The number of phenolic OH excluding ortho intramolecular Hbond substituents is 1. The van der Waals surface area contributed by atoms with Gasteiger partial charge in [-0.1, -0.05) is 6.07 Å². The number of aryl methyl sites for hydroxylation is 1. The van der Waals surface area contributed by atoms with Crippen molar-refractivity contribution >= 4 is 22.8 Å². The zero-order chi connectivity index (χ0) is 19.3. The predicted octanol–water partition coefficient (Wildman–Crippen LogP) is 3.08. The summed E-state index contributed by atoms with van der Waals surface area (Å²) in [4.78, 5) is 22.6. The Morgan fingerprint density at radius 3 is 2.27 bits per heavy atom. The molecule has 1 heterocycles. The van der Waals surface area contributed by atoms with Crippen LogP contribution in [0.25, 0.3) is 22.0 Å². The lowest BCUT2D eigenvalue weighted by Gasteiger charge is -2.09. The van der Waals surface area contributed by atoms with Crippen LogP contribution in [0, 0.1) is 6.92 Å². The molecule has 3 N–H and O–H groups in total. The lowest BCUT2D eigenvalue weighted by molar-refractivity contribution is -0.159. The van der Waals surface area contributed by atoms with Crippen LogP contribution in [0.5, 0.6) is 11.5 Å². The normalized spacial score (nSPS) is 9.92. The number of methoxy groups -OCH3 is 1. The molecular formula is C19H17NO6. The van der Waals surface area contributed by atoms with Gasteiger partial charge in [0.2, 0.25) is 0 Å². The highest BCUT2D eigenvalue weighted by atomic mass is 16.5. The molecule has 0 amide bonds. The maximum atomic E-state index is 9.64. The number of hydrogen-bond acceptors (Lipinski definition) is 5. The van der Waals surface area contributed by atoms with Gasteiger partial charge in [0, 0.05) is 17.6 Å². The molecule has 0 radical (unpaired) electrons. The fourth-order valence-corrected chi connectivity index (χ4v) is 2.33. The molecule has 0 unspecified atom stereocenters. The molecule has 2 aromatic carbocycles. The number of hydrogen-bond donors (Lipinski definition) is 3. The van der Waals surface area contributed by atoms with Crippen LogP contribution < -0.4 is 4.74 Å². The molecule has 7 heteroatoms. The van der Waals surface area contributed by atoms with E-state index in [0.29, 0.717) is 5.75 Å². The van der Waals surface area contributed by atoms with E-state index in [1.165, 1.54) is 0 Å². The number of fused-ring (bicyclic) bond motifs is 1. The minimum atomic E-state index is -1.82. The smallest absolute Gasteiger partial charge is 0.414 e. The summed E-state index contributed by atoms with van der Waals surface area (Å²) in [5.41, 5.74) is 3.92. The van der Waals surface area contributed by atoms with Gasteiger partial charge in [-0.25, -0.2) is 9.59 Å². The molecular weight excluding hydrogens is 338 g/mol. The van der Waals surface area contributed by atoms with Crippen LogP contribution in [0.3, 0.4) is 0 Å². The van der Waals surface area contributed by atoms with E-state index in [4.69, 9.17) is 24.5 Å². The van der Waals surface area contributed by atoms with Gasteiger partial charge >= 0.3 is 11.9 Å². The van der Waals surface area contributed by atoms with Crippen molar-refractivity contribution in [1.29, 1.82) is 0 Å². The number of carboxylic acids is 2. The molecule has 0 atom stereocenters. The Hall–Kier alpha value is -3.61. The van der Waals surface area contributed by atoms with Crippen LogP contribution in [0.2, 0.25) is 0 Å². The second kappa shape index (κ2) is 7.98. The van der Waals surface area contributed by atoms with Crippen molar-refractivity contribution < 1.29 is 29.6 Å². The molecule has 3 aromatic rings. The van der Waals surface area contributed by atoms with Crippen molar-refractivity contribution in [3.05, 3.63) is 54.2 Å². The van der Waals surface area contributed by atoms with E-state index >= 15 is 0 Å². The minimum Gasteiger partial charge on any atom is -0.508 e. The van der Waals surface area contributed by atoms with Gasteiger partial charge < -0.3 is 20.1 Å². The highest BCUT2D eigenvalue weighted by Crippen LogP contribution is 2.31. The Labute approximate surface area is 149 Å². The highest BCUT2D eigenvalue weighted by molar-refractivity contribution is 6.27. The maximum absolute atomic E-state index is 9.64. The second-order valence-electron chi connectivity index (χ2n) is 5.35. The van der Waals surface area contributed by atoms with E-state index in [0.717, 1.165) is 33.3 Å². The monoisotopic (exact) mass is 355 g/mol. The van der Waals surface area contributed by atoms with Gasteiger partial charge in [-0.2, -0.15) is 0 Å². The average Bonchev–Trinajstić information content (AvgIpc) is 2.63. The number of nitrogens with zero attached hydrogens (tertiary/aromatic N) is 1. The minimum absolute atomic E-state index is 0.314. The van der Waals surface area contributed by atoms with Crippen molar-refractivity contribution in [2.75, 3.05) is 7.11 Å². The van der Waals surface area contributed by atoms with Crippen LogP contribution in [-0.4, -0.2) is 39.4 Å². The molecule has 0 saturated carbocycles. The number of aromatic nitrogens is 1. The summed E-state index contributed by atoms with van der Waals surface area (Å²) < 4.78 is 5.23. The standard InChI is InChI=1S/C17H15NO2.C2H2O4/c1-11-9-12(3-6-17(11)19)14-7-8-18-16-10-13(20-2)4-5-15(14)16;3-1(4)2(5)6/h3-10,19H,1-2H3;(H,3,4)(H,5,6). The Balaban J connectivity index is 0.000000352. The molecule has 0 aliphatic heterocycles. The van der Waals surface area contributed by atoms with Gasteiger partial charge in [0.05, 0.1) is 12.6 Å². The van der Waals surface area contributed by atoms with E-state index in [-0.39, 0.29) is 0 Å². The average molecular weight is 355 g/mol. The largest absolute Gasteiger partial charge is 0.508 e. The SMILES string of the molecule is COc1ccc2c(-c3ccc(O)c(C)c3)ccnc2c1.O=C(O)C(=O)O. The first kappa shape index (κ1) is 18.7. The fourth-order valence-electron chi connectivity index (χ4n) is 2.33. The first-order valence-corrected chi connectivity index (χ1v) is 7.52. The number of aliphatic carboxylic acids is 2. The molecule has 134 valence electrons. The summed E-state index contributed by atoms with van der Waals surface area (Å²) in [7, 11) is 1.65. The van der Waals surface area contributed by atoms with Gasteiger partial charge in [-0.15, -0.1) is 0 Å². The third-order valence-electron chi connectivity index (χ3n) is 3.64. The lowest BCUT2D eigenvalue weighted by atomic mass is 9.99. The molecule has 0 spiro atoms. The number of rotatable bonds is 2. The summed E-state index contributed by atoms with van der Waals surface area (Å²) in [6.45, 7) is 1.89. The zero-order valence-electron chi connectivity index (χ0n) is 14.1. The van der Waals surface area contributed by atoms with Crippen LogP contribution >= 0.6 is 0 Å². The molecule has 1 aromatic heterocycles. The predicted molar refractivity (Wildman–Crippen MR) is 95.4 cm³/mol. The van der Waals surface area contributed by atoms with Crippen molar-refractivity contribution in [2.24, 2.45) is 0 Å². The molecule has 0 aliphatic carbocycles. The number of carboxylic acid groups (broad SMARTS) is 2. The quantitative estimate of drug-likeness (QED) is 0.605.